The number of hydrazone groups is 1. The lowest BCUT2D eigenvalue weighted by atomic mass is 10.2. The first-order valence-corrected chi connectivity index (χ1v) is 6.57. The molecule has 2 aromatic rings. The number of benzene rings is 2. The normalized spacial score (nSPS) is 10.4. The van der Waals surface area contributed by atoms with Gasteiger partial charge in [0.1, 0.15) is 18.0 Å². The molecular weight excluding hydrogens is 282 g/mol. The molecule has 0 bridgehead atoms. The highest BCUT2D eigenvalue weighted by Crippen LogP contribution is 2.23. The monoisotopic (exact) mass is 297 g/mol. The molecule has 0 unspecified atom stereocenters. The highest BCUT2D eigenvalue weighted by atomic mass is 16.6. The lowest BCUT2D eigenvalue weighted by Crippen LogP contribution is -1.99. The number of rotatable bonds is 7. The zero-order valence-electron chi connectivity index (χ0n) is 11.8. The standard InChI is InChI=1S/C16H15N3O3/c1-2-11-22-16-10-6-3-7-13(16)12-17-18-14-8-4-5-9-15(14)19(20)21/h2-10,12,18H,1,11H2/b17-12-. The highest BCUT2D eigenvalue weighted by molar-refractivity contribution is 5.84. The van der Waals surface area contributed by atoms with Crippen molar-refractivity contribution in [2.75, 3.05) is 12.0 Å². The Hall–Kier alpha value is -3.15. The quantitative estimate of drug-likeness (QED) is 0.366. The van der Waals surface area contributed by atoms with Crippen LogP contribution in [0.3, 0.4) is 0 Å². The Kier molecular flexibility index (Phi) is 5.25. The number of nitro groups is 1. The van der Waals surface area contributed by atoms with Gasteiger partial charge in [0.2, 0.25) is 0 Å². The summed E-state index contributed by atoms with van der Waals surface area (Å²) >= 11 is 0. The molecule has 2 aromatic carbocycles. The molecule has 0 spiro atoms. The second-order valence-electron chi connectivity index (χ2n) is 4.28. The average Bonchev–Trinajstić information content (AvgIpc) is 2.54. The minimum atomic E-state index is -0.459. The zero-order chi connectivity index (χ0) is 15.8. The van der Waals surface area contributed by atoms with Gasteiger partial charge in [-0.05, 0) is 18.2 Å². The Bertz CT molecular complexity index is 699. The molecule has 0 atom stereocenters. The second-order valence-corrected chi connectivity index (χ2v) is 4.28. The van der Waals surface area contributed by atoms with Crippen molar-refractivity contribution in [3.63, 3.8) is 0 Å². The lowest BCUT2D eigenvalue weighted by Gasteiger charge is -2.06. The van der Waals surface area contributed by atoms with E-state index in [4.69, 9.17) is 4.74 Å². The molecule has 0 aliphatic heterocycles. The van der Waals surface area contributed by atoms with Gasteiger partial charge in [-0.25, -0.2) is 0 Å². The predicted molar refractivity (Wildman–Crippen MR) is 86.4 cm³/mol. The Balaban J connectivity index is 2.13. The first-order chi connectivity index (χ1) is 10.7. The predicted octanol–water partition coefficient (Wildman–Crippen LogP) is 3.61. The Morgan fingerprint density at radius 1 is 1.23 bits per heavy atom. The maximum atomic E-state index is 10.9. The molecule has 0 heterocycles. The van der Waals surface area contributed by atoms with Crippen LogP contribution in [0.15, 0.2) is 66.3 Å². The summed E-state index contributed by atoms with van der Waals surface area (Å²) in [5.41, 5.74) is 3.73. The summed E-state index contributed by atoms with van der Waals surface area (Å²) in [6.45, 7) is 3.99. The number of anilines is 1. The molecule has 0 saturated carbocycles. The van der Waals surface area contributed by atoms with Crippen molar-refractivity contribution in [3.8, 4) is 5.75 Å². The summed E-state index contributed by atoms with van der Waals surface area (Å²) in [5, 5.41) is 14.9. The van der Waals surface area contributed by atoms with Crippen LogP contribution in [0.1, 0.15) is 5.56 Å². The fraction of sp³-hybridized carbons (Fsp3) is 0.0625. The molecule has 6 heteroatoms. The Labute approximate surface area is 127 Å². The molecule has 22 heavy (non-hydrogen) atoms. The lowest BCUT2D eigenvalue weighted by molar-refractivity contribution is -0.384. The zero-order valence-corrected chi connectivity index (χ0v) is 11.8. The fourth-order valence-corrected chi connectivity index (χ4v) is 1.77. The number of hydrogen-bond donors (Lipinski definition) is 1. The number of nitro benzene ring substituents is 1. The Morgan fingerprint density at radius 3 is 2.73 bits per heavy atom. The van der Waals surface area contributed by atoms with E-state index in [1.807, 2.05) is 24.3 Å². The van der Waals surface area contributed by atoms with Crippen molar-refractivity contribution in [1.29, 1.82) is 0 Å². The van der Waals surface area contributed by atoms with Gasteiger partial charge >= 0.3 is 0 Å². The Morgan fingerprint density at radius 2 is 1.95 bits per heavy atom. The van der Waals surface area contributed by atoms with Gasteiger partial charge in [-0.1, -0.05) is 36.9 Å². The van der Waals surface area contributed by atoms with Gasteiger partial charge in [0.25, 0.3) is 5.69 Å². The maximum Gasteiger partial charge on any atom is 0.294 e. The molecule has 1 N–H and O–H groups in total. The van der Waals surface area contributed by atoms with Crippen molar-refractivity contribution >= 4 is 17.6 Å². The van der Waals surface area contributed by atoms with Crippen LogP contribution in [0.2, 0.25) is 0 Å². The molecule has 2 rings (SSSR count). The number of para-hydroxylation sites is 3. The number of ether oxygens (including phenoxy) is 1. The third kappa shape index (κ3) is 3.92. The molecule has 6 nitrogen and oxygen atoms in total. The van der Waals surface area contributed by atoms with Crippen LogP contribution in [0.25, 0.3) is 0 Å². The molecule has 0 aliphatic carbocycles. The molecule has 0 aliphatic rings. The second kappa shape index (κ2) is 7.58. The van der Waals surface area contributed by atoms with Crippen LogP contribution in [0.4, 0.5) is 11.4 Å². The van der Waals surface area contributed by atoms with Crippen molar-refractivity contribution in [3.05, 3.63) is 76.9 Å². The van der Waals surface area contributed by atoms with Crippen LogP contribution < -0.4 is 10.2 Å². The molecule has 0 aromatic heterocycles. The van der Waals surface area contributed by atoms with Gasteiger partial charge in [-0.15, -0.1) is 0 Å². The van der Waals surface area contributed by atoms with E-state index in [9.17, 15) is 10.1 Å². The van der Waals surface area contributed by atoms with Gasteiger partial charge in [0.15, 0.2) is 0 Å². The van der Waals surface area contributed by atoms with E-state index in [1.54, 1.807) is 30.5 Å². The summed E-state index contributed by atoms with van der Waals surface area (Å²) < 4.78 is 5.51. The first kappa shape index (κ1) is 15.2. The average molecular weight is 297 g/mol. The van der Waals surface area contributed by atoms with Gasteiger partial charge < -0.3 is 4.74 Å². The number of nitrogens with zero attached hydrogens (tertiary/aromatic N) is 2. The minimum Gasteiger partial charge on any atom is -0.489 e. The topological polar surface area (TPSA) is 76.8 Å². The van der Waals surface area contributed by atoms with Crippen LogP contribution in [0, 0.1) is 10.1 Å². The summed E-state index contributed by atoms with van der Waals surface area (Å²) in [6, 6.07) is 13.7. The number of hydrogen-bond acceptors (Lipinski definition) is 5. The van der Waals surface area contributed by atoms with E-state index in [-0.39, 0.29) is 5.69 Å². The summed E-state index contributed by atoms with van der Waals surface area (Å²) in [7, 11) is 0. The molecular formula is C16H15N3O3. The van der Waals surface area contributed by atoms with E-state index < -0.39 is 4.92 Å². The highest BCUT2D eigenvalue weighted by Gasteiger charge is 2.11. The van der Waals surface area contributed by atoms with Crippen molar-refractivity contribution < 1.29 is 9.66 Å². The minimum absolute atomic E-state index is 0.0316. The van der Waals surface area contributed by atoms with E-state index in [0.717, 1.165) is 5.56 Å². The van der Waals surface area contributed by atoms with Crippen LogP contribution in [-0.2, 0) is 0 Å². The fourth-order valence-electron chi connectivity index (χ4n) is 1.77. The molecule has 0 saturated heterocycles. The molecule has 0 fully saturated rings. The first-order valence-electron chi connectivity index (χ1n) is 6.57. The molecule has 112 valence electrons. The largest absolute Gasteiger partial charge is 0.489 e. The maximum absolute atomic E-state index is 10.9. The van der Waals surface area contributed by atoms with Gasteiger partial charge in [0, 0.05) is 11.6 Å². The van der Waals surface area contributed by atoms with E-state index in [0.29, 0.717) is 18.0 Å². The summed E-state index contributed by atoms with van der Waals surface area (Å²) in [5.74, 6) is 0.663. The van der Waals surface area contributed by atoms with E-state index >= 15 is 0 Å². The van der Waals surface area contributed by atoms with Crippen molar-refractivity contribution in [1.82, 2.24) is 0 Å². The van der Waals surface area contributed by atoms with Crippen LogP contribution in [0.5, 0.6) is 5.75 Å². The summed E-state index contributed by atoms with van der Waals surface area (Å²) in [4.78, 5) is 10.5. The third-order valence-electron chi connectivity index (χ3n) is 2.77. The van der Waals surface area contributed by atoms with E-state index in [2.05, 4.69) is 17.1 Å². The van der Waals surface area contributed by atoms with Crippen molar-refractivity contribution in [2.24, 2.45) is 5.10 Å². The smallest absolute Gasteiger partial charge is 0.294 e. The van der Waals surface area contributed by atoms with Gasteiger partial charge in [-0.2, -0.15) is 5.10 Å². The van der Waals surface area contributed by atoms with Gasteiger partial charge in [0.05, 0.1) is 11.1 Å². The van der Waals surface area contributed by atoms with Crippen LogP contribution in [-0.4, -0.2) is 17.7 Å². The van der Waals surface area contributed by atoms with E-state index in [1.165, 1.54) is 6.07 Å². The van der Waals surface area contributed by atoms with Gasteiger partial charge in [-0.3, -0.25) is 15.5 Å². The van der Waals surface area contributed by atoms with Crippen molar-refractivity contribution in [2.45, 2.75) is 0 Å². The van der Waals surface area contributed by atoms with Crippen LogP contribution >= 0.6 is 0 Å². The number of nitrogens with one attached hydrogen (secondary N) is 1. The molecule has 0 amide bonds. The molecule has 0 radical (unpaired) electrons. The summed E-state index contributed by atoms with van der Waals surface area (Å²) in [6.07, 6.45) is 3.20. The SMILES string of the molecule is C=CCOc1ccccc1/C=N\Nc1ccccc1[N+](=O)[O-]. The third-order valence-corrected chi connectivity index (χ3v) is 2.77.